The van der Waals surface area contributed by atoms with Crippen LogP contribution < -0.4 is 20.3 Å². The first-order valence-electron chi connectivity index (χ1n) is 11.7. The zero-order valence-corrected chi connectivity index (χ0v) is 21.5. The van der Waals surface area contributed by atoms with E-state index in [1.165, 1.54) is 12.0 Å². The summed E-state index contributed by atoms with van der Waals surface area (Å²) in [5, 5.41) is 17.5. The lowest BCUT2D eigenvalue weighted by atomic mass is 9.84. The van der Waals surface area contributed by atoms with E-state index < -0.39 is 17.9 Å². The zero-order chi connectivity index (χ0) is 25.8. The first kappa shape index (κ1) is 24.5. The van der Waals surface area contributed by atoms with Gasteiger partial charge in [-0.15, -0.1) is 0 Å². The Hall–Kier alpha value is -3.15. The molecule has 36 heavy (non-hydrogen) atoms. The van der Waals surface area contributed by atoms with Crippen LogP contribution in [0.5, 0.6) is 5.75 Å². The summed E-state index contributed by atoms with van der Waals surface area (Å²) in [5.74, 6) is 1.54. The number of hydrogen-bond acceptors (Lipinski definition) is 10. The fourth-order valence-corrected chi connectivity index (χ4v) is 5.26. The summed E-state index contributed by atoms with van der Waals surface area (Å²) >= 11 is 6.29. The highest BCUT2D eigenvalue weighted by Crippen LogP contribution is 2.41. The Morgan fingerprint density at radius 1 is 1.28 bits per heavy atom. The van der Waals surface area contributed by atoms with E-state index in [0.29, 0.717) is 41.1 Å². The molecule has 1 aromatic carbocycles. The molecule has 11 nitrogen and oxygen atoms in total. The van der Waals surface area contributed by atoms with Crippen molar-refractivity contribution in [2.45, 2.75) is 51.6 Å². The number of hydrogen-bond donors (Lipinski definition) is 3. The number of carbonyl (C=O) groups is 1. The van der Waals surface area contributed by atoms with E-state index in [0.717, 1.165) is 5.56 Å². The second kappa shape index (κ2) is 9.06. The van der Waals surface area contributed by atoms with Gasteiger partial charge in [0, 0.05) is 17.3 Å². The van der Waals surface area contributed by atoms with E-state index in [-0.39, 0.29) is 29.9 Å². The van der Waals surface area contributed by atoms with Gasteiger partial charge in [-0.25, -0.2) is 9.69 Å². The second-order valence-electron chi connectivity index (χ2n) is 9.62. The van der Waals surface area contributed by atoms with Crippen molar-refractivity contribution in [2.75, 3.05) is 35.9 Å². The molecule has 3 aliphatic rings. The summed E-state index contributed by atoms with van der Waals surface area (Å²) in [4.78, 5) is 27.8. The maximum atomic E-state index is 12.9. The molecule has 1 spiro atoms. The molecule has 12 heteroatoms. The Kier molecular flexibility index (Phi) is 6.17. The Balaban J connectivity index is 1.42. The Bertz CT molecular complexity index is 1230. The van der Waals surface area contributed by atoms with Crippen LogP contribution >= 0.6 is 11.6 Å². The second-order valence-corrected chi connectivity index (χ2v) is 10.0. The number of halogens is 1. The van der Waals surface area contributed by atoms with Crippen molar-refractivity contribution in [1.82, 2.24) is 15.0 Å². The molecule has 192 valence electrons. The van der Waals surface area contributed by atoms with Crippen molar-refractivity contribution < 1.29 is 24.1 Å². The van der Waals surface area contributed by atoms with Gasteiger partial charge in [0.05, 0.1) is 37.4 Å². The number of rotatable bonds is 6. The van der Waals surface area contributed by atoms with Crippen LogP contribution in [-0.4, -0.2) is 70.4 Å². The maximum Gasteiger partial charge on any atom is 0.417 e. The molecular weight excluding hydrogens is 488 g/mol. The lowest BCUT2D eigenvalue weighted by Crippen LogP contribution is -2.61. The monoisotopic (exact) mass is 516 g/mol. The predicted octanol–water partition coefficient (Wildman–Crippen LogP) is 3.22. The number of fused-ring (bicyclic) bond motifs is 1. The lowest BCUT2D eigenvalue weighted by molar-refractivity contribution is -0.174. The normalized spacial score (nSPS) is 22.9. The van der Waals surface area contributed by atoms with E-state index >= 15 is 0 Å². The van der Waals surface area contributed by atoms with E-state index in [9.17, 15) is 9.90 Å². The van der Waals surface area contributed by atoms with Gasteiger partial charge < -0.3 is 30.0 Å². The summed E-state index contributed by atoms with van der Waals surface area (Å²) in [6, 6.07) is 2.89. The number of aryl methyl sites for hydroxylation is 1. The molecule has 3 aliphatic heterocycles. The summed E-state index contributed by atoms with van der Waals surface area (Å²) in [7, 11) is 1.54. The van der Waals surface area contributed by atoms with Crippen LogP contribution in [0, 0.1) is 12.8 Å². The smallest absolute Gasteiger partial charge is 0.417 e. The average molecular weight is 517 g/mol. The first-order chi connectivity index (χ1) is 17.1. The summed E-state index contributed by atoms with van der Waals surface area (Å²) < 4.78 is 16.4. The van der Waals surface area contributed by atoms with Crippen LogP contribution in [0.2, 0.25) is 5.02 Å². The molecule has 5 rings (SSSR count). The molecule has 2 saturated heterocycles. The van der Waals surface area contributed by atoms with E-state index in [2.05, 4.69) is 25.6 Å². The maximum absolute atomic E-state index is 12.9. The minimum atomic E-state index is -0.953. The van der Waals surface area contributed by atoms with E-state index in [1.807, 2.05) is 26.8 Å². The summed E-state index contributed by atoms with van der Waals surface area (Å²) in [6.07, 6.45) is 0.410. The first-order valence-corrected chi connectivity index (χ1v) is 12.1. The van der Waals surface area contributed by atoms with Gasteiger partial charge in [0.2, 0.25) is 11.9 Å². The van der Waals surface area contributed by atoms with Gasteiger partial charge in [0.1, 0.15) is 17.8 Å². The molecule has 0 saturated carbocycles. The molecule has 2 fully saturated rings. The van der Waals surface area contributed by atoms with Crippen molar-refractivity contribution in [3.63, 3.8) is 0 Å². The molecule has 0 aliphatic carbocycles. The molecule has 4 heterocycles. The van der Waals surface area contributed by atoms with Crippen LogP contribution in [0.4, 0.5) is 22.4 Å². The predicted molar refractivity (Wildman–Crippen MR) is 134 cm³/mol. The fraction of sp³-hybridized carbons (Fsp3) is 0.500. The van der Waals surface area contributed by atoms with Crippen molar-refractivity contribution in [3.8, 4) is 5.75 Å². The number of aliphatic hydroxyl groups excluding tert-OH is 1. The highest BCUT2D eigenvalue weighted by Gasteiger charge is 2.61. The number of methoxy groups -OCH3 is 1. The quantitative estimate of drug-likeness (QED) is 0.525. The van der Waals surface area contributed by atoms with Gasteiger partial charge in [0.15, 0.2) is 5.60 Å². The number of aromatic nitrogens is 3. The number of nitrogens with one attached hydrogen (secondary N) is 2. The van der Waals surface area contributed by atoms with E-state index in [4.69, 9.17) is 25.8 Å². The third kappa shape index (κ3) is 4.10. The highest BCUT2D eigenvalue weighted by atomic mass is 35.5. The number of nitrogens with zero attached hydrogens (tertiary/aromatic N) is 4. The number of anilines is 3. The van der Waals surface area contributed by atoms with Crippen LogP contribution in [0.3, 0.4) is 0 Å². The van der Waals surface area contributed by atoms with Gasteiger partial charge >= 0.3 is 6.09 Å². The number of carbonyl (C=O) groups excluding carboxylic acids is 1. The molecule has 0 bridgehead atoms. The molecule has 0 radical (unpaired) electrons. The van der Waals surface area contributed by atoms with Gasteiger partial charge in [0.25, 0.3) is 0 Å². The van der Waals surface area contributed by atoms with Gasteiger partial charge in [-0.1, -0.05) is 25.4 Å². The number of benzene rings is 1. The third-order valence-electron chi connectivity index (χ3n) is 6.68. The number of aliphatic hydroxyl groups is 1. The average Bonchev–Trinajstić information content (AvgIpc) is 3.12. The Morgan fingerprint density at radius 2 is 2.03 bits per heavy atom. The molecule has 3 N–H and O–H groups in total. The van der Waals surface area contributed by atoms with Crippen molar-refractivity contribution in [2.24, 2.45) is 5.92 Å². The van der Waals surface area contributed by atoms with Gasteiger partial charge in [-0.2, -0.15) is 15.0 Å². The van der Waals surface area contributed by atoms with Crippen LogP contribution in [0.25, 0.3) is 6.08 Å². The largest absolute Gasteiger partial charge is 0.495 e. The van der Waals surface area contributed by atoms with Crippen molar-refractivity contribution in [1.29, 1.82) is 0 Å². The van der Waals surface area contributed by atoms with Crippen LogP contribution in [-0.2, 0) is 9.47 Å². The molecule has 1 aromatic heterocycles. The minimum absolute atomic E-state index is 0.0897. The standard InChI is InChI=1S/C24H29ClN6O5/c1-11(2)19-24(9-35-10-24)36-23(33)31(19)22-28-13(4)27-21(30-22)26-12(3)15-6-14-7-16(25)18(34-5)8-17(14)29-20(15)32/h6-8,11-12,19-20,29,32H,9-10H2,1-5H3,(H,26,27,28,30)/t12-,19-,20?/m0/s1. The van der Waals surface area contributed by atoms with Crippen molar-refractivity contribution in [3.05, 3.63) is 34.1 Å². The van der Waals surface area contributed by atoms with Crippen molar-refractivity contribution >= 4 is 41.4 Å². The van der Waals surface area contributed by atoms with Crippen LogP contribution in [0.15, 0.2) is 17.7 Å². The Labute approximate surface area is 213 Å². The van der Waals surface area contributed by atoms with Gasteiger partial charge in [-0.05, 0) is 37.5 Å². The number of ether oxygens (including phenoxy) is 3. The molecule has 1 unspecified atom stereocenters. The Morgan fingerprint density at radius 3 is 2.67 bits per heavy atom. The molecule has 1 amide bonds. The third-order valence-corrected chi connectivity index (χ3v) is 6.97. The topological polar surface area (TPSA) is 131 Å². The highest BCUT2D eigenvalue weighted by molar-refractivity contribution is 6.32. The van der Waals surface area contributed by atoms with E-state index in [1.54, 1.807) is 19.1 Å². The summed E-state index contributed by atoms with van der Waals surface area (Å²) in [6.45, 7) is 8.36. The van der Waals surface area contributed by atoms with Gasteiger partial charge in [-0.3, -0.25) is 0 Å². The summed E-state index contributed by atoms with van der Waals surface area (Å²) in [5.41, 5.74) is 1.50. The zero-order valence-electron chi connectivity index (χ0n) is 20.7. The fourth-order valence-electron chi connectivity index (χ4n) is 5.01. The van der Waals surface area contributed by atoms with Crippen LogP contribution in [0.1, 0.15) is 32.2 Å². The molecular formula is C24H29ClN6O5. The minimum Gasteiger partial charge on any atom is -0.495 e. The molecule has 3 atom stereocenters. The SMILES string of the molecule is COc1cc2c(cc1Cl)C=C([C@H](C)Nc1nc(C)nc(N3C(=O)OC4(COC4)[C@@H]3C(C)C)n1)C(O)N2. The number of amides is 1. The molecule has 2 aromatic rings. The lowest BCUT2D eigenvalue weighted by Gasteiger charge is -2.42.